The predicted octanol–water partition coefficient (Wildman–Crippen LogP) is 4.42. The lowest BCUT2D eigenvalue weighted by Crippen LogP contribution is -2.33. The fraction of sp³-hybridized carbons (Fsp3) is 0.409. The summed E-state index contributed by atoms with van der Waals surface area (Å²) in [7, 11) is 0. The predicted molar refractivity (Wildman–Crippen MR) is 106 cm³/mol. The molecular weight excluding hydrogens is 324 g/mol. The number of likely N-dealkylation sites (tertiary alicyclic amines) is 1. The van der Waals surface area contributed by atoms with Crippen LogP contribution >= 0.6 is 0 Å². The Kier molecular flexibility index (Phi) is 6.29. The molecule has 1 heterocycles. The van der Waals surface area contributed by atoms with Crippen LogP contribution < -0.4 is 10.1 Å². The van der Waals surface area contributed by atoms with Gasteiger partial charge in [0.05, 0.1) is 13.2 Å². The maximum Gasteiger partial charge on any atom is 0.238 e. The number of para-hydroxylation sites is 1. The maximum atomic E-state index is 12.6. The number of amides is 1. The van der Waals surface area contributed by atoms with Crippen molar-refractivity contribution in [2.24, 2.45) is 0 Å². The van der Waals surface area contributed by atoms with E-state index in [2.05, 4.69) is 35.3 Å². The monoisotopic (exact) mass is 352 g/mol. The van der Waals surface area contributed by atoms with Crippen LogP contribution in [0.4, 0.5) is 5.69 Å². The van der Waals surface area contributed by atoms with Crippen molar-refractivity contribution >= 4 is 11.6 Å². The summed E-state index contributed by atoms with van der Waals surface area (Å²) in [5.41, 5.74) is 3.36. The molecule has 1 unspecified atom stereocenters. The van der Waals surface area contributed by atoms with E-state index in [1.54, 1.807) is 0 Å². The van der Waals surface area contributed by atoms with E-state index in [0.29, 0.717) is 19.2 Å². The summed E-state index contributed by atoms with van der Waals surface area (Å²) in [4.78, 5) is 14.9. The molecule has 4 heteroatoms. The number of anilines is 1. The molecule has 138 valence electrons. The van der Waals surface area contributed by atoms with Gasteiger partial charge in [-0.3, -0.25) is 9.69 Å². The molecule has 1 N–H and O–H groups in total. The number of benzene rings is 2. The third kappa shape index (κ3) is 4.44. The first-order valence-corrected chi connectivity index (χ1v) is 9.55. The first kappa shape index (κ1) is 18.5. The summed E-state index contributed by atoms with van der Waals surface area (Å²) < 4.78 is 5.53. The highest BCUT2D eigenvalue weighted by molar-refractivity contribution is 5.93. The molecule has 1 saturated heterocycles. The van der Waals surface area contributed by atoms with Gasteiger partial charge >= 0.3 is 0 Å². The van der Waals surface area contributed by atoms with Gasteiger partial charge in [-0.25, -0.2) is 0 Å². The van der Waals surface area contributed by atoms with Gasteiger partial charge in [-0.1, -0.05) is 37.3 Å². The second-order valence-corrected chi connectivity index (χ2v) is 6.69. The molecule has 26 heavy (non-hydrogen) atoms. The molecular formula is C22H28N2O2. The average molecular weight is 352 g/mol. The molecule has 0 aliphatic carbocycles. The molecule has 0 radical (unpaired) electrons. The van der Waals surface area contributed by atoms with Gasteiger partial charge in [-0.05, 0) is 62.1 Å². The number of hydrogen-bond acceptors (Lipinski definition) is 3. The normalized spacial score (nSPS) is 17.2. The number of rotatable bonds is 7. The fourth-order valence-electron chi connectivity index (χ4n) is 3.67. The van der Waals surface area contributed by atoms with E-state index in [1.165, 1.54) is 11.1 Å². The van der Waals surface area contributed by atoms with Crippen LogP contribution in [0.5, 0.6) is 5.75 Å². The zero-order valence-corrected chi connectivity index (χ0v) is 15.7. The van der Waals surface area contributed by atoms with Crippen LogP contribution in [0, 0.1) is 0 Å². The molecule has 0 saturated carbocycles. The summed E-state index contributed by atoms with van der Waals surface area (Å²) in [5, 5.41) is 3.09. The molecule has 1 aliphatic rings. The number of carbonyl (C=O) groups excluding carboxylic acids is 1. The van der Waals surface area contributed by atoms with E-state index in [-0.39, 0.29) is 5.91 Å². The van der Waals surface area contributed by atoms with Crippen LogP contribution in [0.2, 0.25) is 0 Å². The lowest BCUT2D eigenvalue weighted by molar-refractivity contribution is -0.117. The van der Waals surface area contributed by atoms with E-state index in [4.69, 9.17) is 4.74 Å². The molecule has 2 aromatic rings. The highest BCUT2D eigenvalue weighted by Crippen LogP contribution is 2.32. The van der Waals surface area contributed by atoms with Gasteiger partial charge in [0.2, 0.25) is 5.91 Å². The van der Waals surface area contributed by atoms with E-state index in [0.717, 1.165) is 37.2 Å². The summed E-state index contributed by atoms with van der Waals surface area (Å²) in [5.74, 6) is 0.957. The first-order valence-electron chi connectivity index (χ1n) is 9.55. The van der Waals surface area contributed by atoms with Crippen LogP contribution in [0.1, 0.15) is 43.9 Å². The van der Waals surface area contributed by atoms with Crippen molar-refractivity contribution in [2.75, 3.05) is 25.0 Å². The number of aryl methyl sites for hydroxylation is 1. The Bertz CT molecular complexity index is 727. The summed E-state index contributed by atoms with van der Waals surface area (Å²) in [6, 6.07) is 16.6. The number of hydrogen-bond donors (Lipinski definition) is 1. The Hall–Kier alpha value is -2.33. The Morgan fingerprint density at radius 2 is 1.92 bits per heavy atom. The molecule has 3 rings (SSSR count). The number of nitrogens with one attached hydrogen (secondary N) is 1. The molecule has 1 fully saturated rings. The fourth-order valence-corrected chi connectivity index (χ4v) is 3.67. The van der Waals surface area contributed by atoms with Crippen molar-refractivity contribution < 1.29 is 9.53 Å². The maximum absolute atomic E-state index is 12.6. The quantitative estimate of drug-likeness (QED) is 0.802. The summed E-state index contributed by atoms with van der Waals surface area (Å²) >= 11 is 0. The highest BCUT2D eigenvalue weighted by Gasteiger charge is 2.27. The second-order valence-electron chi connectivity index (χ2n) is 6.69. The van der Waals surface area contributed by atoms with Crippen molar-refractivity contribution in [3.05, 3.63) is 59.7 Å². The van der Waals surface area contributed by atoms with E-state index < -0.39 is 0 Å². The van der Waals surface area contributed by atoms with Gasteiger partial charge in [0.15, 0.2) is 0 Å². The lowest BCUT2D eigenvalue weighted by Gasteiger charge is -2.24. The molecule has 1 atom stereocenters. The largest absolute Gasteiger partial charge is 0.494 e. The van der Waals surface area contributed by atoms with Crippen LogP contribution in [-0.2, 0) is 11.2 Å². The minimum absolute atomic E-state index is 0.0590. The zero-order chi connectivity index (χ0) is 18.4. The van der Waals surface area contributed by atoms with Crippen molar-refractivity contribution in [3.63, 3.8) is 0 Å². The molecule has 0 bridgehead atoms. The van der Waals surface area contributed by atoms with Crippen molar-refractivity contribution in [2.45, 2.75) is 39.2 Å². The van der Waals surface area contributed by atoms with Crippen molar-refractivity contribution in [3.8, 4) is 5.75 Å². The highest BCUT2D eigenvalue weighted by atomic mass is 16.5. The molecule has 1 amide bonds. The van der Waals surface area contributed by atoms with Crippen LogP contribution in [0.3, 0.4) is 0 Å². The summed E-state index contributed by atoms with van der Waals surface area (Å²) in [6.45, 7) is 6.15. The molecule has 2 aromatic carbocycles. The smallest absolute Gasteiger partial charge is 0.238 e. The SMILES string of the molecule is CCOc1ccc(C2CCCN2CC(=O)Nc2ccccc2CC)cc1. The third-order valence-electron chi connectivity index (χ3n) is 4.96. The van der Waals surface area contributed by atoms with Gasteiger partial charge in [0, 0.05) is 11.7 Å². The number of carbonyl (C=O) groups is 1. The number of nitrogens with zero attached hydrogens (tertiary/aromatic N) is 1. The summed E-state index contributed by atoms with van der Waals surface area (Å²) in [6.07, 6.45) is 3.12. The molecule has 4 nitrogen and oxygen atoms in total. The van der Waals surface area contributed by atoms with Crippen LogP contribution in [0.15, 0.2) is 48.5 Å². The standard InChI is InChI=1S/C22H28N2O2/c1-3-17-8-5-6-9-20(17)23-22(25)16-24-15-7-10-21(24)18-11-13-19(14-12-18)26-4-2/h5-6,8-9,11-14,21H,3-4,7,10,15-16H2,1-2H3,(H,23,25). The molecule has 0 spiro atoms. The van der Waals surface area contributed by atoms with Crippen molar-refractivity contribution in [1.29, 1.82) is 0 Å². The Morgan fingerprint density at radius 3 is 2.65 bits per heavy atom. The Labute approximate surface area is 156 Å². The first-order chi connectivity index (χ1) is 12.7. The van der Waals surface area contributed by atoms with Gasteiger partial charge in [-0.2, -0.15) is 0 Å². The van der Waals surface area contributed by atoms with Gasteiger partial charge < -0.3 is 10.1 Å². The van der Waals surface area contributed by atoms with Crippen LogP contribution in [-0.4, -0.2) is 30.5 Å². The second kappa shape index (κ2) is 8.86. The van der Waals surface area contributed by atoms with Gasteiger partial charge in [-0.15, -0.1) is 0 Å². The van der Waals surface area contributed by atoms with E-state index in [9.17, 15) is 4.79 Å². The Balaban J connectivity index is 1.63. The Morgan fingerprint density at radius 1 is 1.15 bits per heavy atom. The third-order valence-corrected chi connectivity index (χ3v) is 4.96. The molecule has 0 aromatic heterocycles. The number of ether oxygens (including phenoxy) is 1. The van der Waals surface area contributed by atoms with E-state index in [1.807, 2.05) is 37.3 Å². The van der Waals surface area contributed by atoms with Crippen LogP contribution in [0.25, 0.3) is 0 Å². The molecule has 1 aliphatic heterocycles. The lowest BCUT2D eigenvalue weighted by atomic mass is 10.0. The van der Waals surface area contributed by atoms with E-state index >= 15 is 0 Å². The zero-order valence-electron chi connectivity index (χ0n) is 15.7. The van der Waals surface area contributed by atoms with Crippen molar-refractivity contribution in [1.82, 2.24) is 4.90 Å². The van der Waals surface area contributed by atoms with Gasteiger partial charge in [0.25, 0.3) is 0 Å². The topological polar surface area (TPSA) is 41.6 Å². The van der Waals surface area contributed by atoms with Gasteiger partial charge in [0.1, 0.15) is 5.75 Å². The minimum atomic E-state index is 0.0590. The minimum Gasteiger partial charge on any atom is -0.494 e. The average Bonchev–Trinajstić information content (AvgIpc) is 3.11.